The third-order valence-corrected chi connectivity index (χ3v) is 3.66. The van der Waals surface area contributed by atoms with Gasteiger partial charge in [0.2, 0.25) is 0 Å². The summed E-state index contributed by atoms with van der Waals surface area (Å²) in [6, 6.07) is 5.80. The van der Waals surface area contributed by atoms with Crippen molar-refractivity contribution in [1.29, 1.82) is 0 Å². The molecule has 1 aromatic heterocycles. The summed E-state index contributed by atoms with van der Waals surface area (Å²) in [6.07, 6.45) is 0.879. The minimum atomic E-state index is 0.637. The molecular formula is C13H16N2OS. The van der Waals surface area contributed by atoms with E-state index < -0.39 is 0 Å². The number of thiazole rings is 1. The van der Waals surface area contributed by atoms with Gasteiger partial charge in [-0.15, -0.1) is 11.3 Å². The maximum absolute atomic E-state index is 5.88. The Kier molecular flexibility index (Phi) is 3.64. The van der Waals surface area contributed by atoms with Gasteiger partial charge in [-0.25, -0.2) is 4.98 Å². The van der Waals surface area contributed by atoms with Crippen molar-refractivity contribution in [2.75, 3.05) is 12.3 Å². The summed E-state index contributed by atoms with van der Waals surface area (Å²) in [5.74, 6) is 0.801. The third kappa shape index (κ3) is 2.77. The van der Waals surface area contributed by atoms with Crippen LogP contribution in [0.5, 0.6) is 5.75 Å². The predicted octanol–water partition coefficient (Wildman–Crippen LogP) is 2.96. The first kappa shape index (κ1) is 11.9. The van der Waals surface area contributed by atoms with Crippen LogP contribution in [0, 0.1) is 13.8 Å². The molecule has 0 radical (unpaired) electrons. The Morgan fingerprint density at radius 3 is 2.82 bits per heavy atom. The summed E-state index contributed by atoms with van der Waals surface area (Å²) >= 11 is 1.67. The summed E-state index contributed by atoms with van der Waals surface area (Å²) in [4.78, 5) is 5.49. The van der Waals surface area contributed by atoms with Crippen LogP contribution in [0.4, 0.5) is 5.69 Å². The third-order valence-electron chi connectivity index (χ3n) is 2.66. The van der Waals surface area contributed by atoms with E-state index in [1.165, 1.54) is 4.88 Å². The lowest BCUT2D eigenvalue weighted by atomic mass is 10.2. The largest absolute Gasteiger partial charge is 0.491 e. The molecular weight excluding hydrogens is 232 g/mol. The average molecular weight is 248 g/mol. The number of rotatable bonds is 4. The van der Waals surface area contributed by atoms with Crippen LogP contribution in [0.15, 0.2) is 23.7 Å². The molecule has 3 nitrogen and oxygen atoms in total. The van der Waals surface area contributed by atoms with E-state index >= 15 is 0 Å². The first-order chi connectivity index (χ1) is 8.18. The molecule has 0 saturated heterocycles. The van der Waals surface area contributed by atoms with E-state index in [-0.39, 0.29) is 0 Å². The van der Waals surface area contributed by atoms with E-state index in [9.17, 15) is 0 Å². The number of benzene rings is 1. The molecule has 0 atom stereocenters. The van der Waals surface area contributed by atoms with Gasteiger partial charge in [0.15, 0.2) is 0 Å². The molecule has 0 bridgehead atoms. The Hall–Kier alpha value is -1.55. The van der Waals surface area contributed by atoms with Crippen molar-refractivity contribution < 1.29 is 4.74 Å². The van der Waals surface area contributed by atoms with Crippen molar-refractivity contribution in [1.82, 2.24) is 4.98 Å². The molecule has 1 aromatic carbocycles. The van der Waals surface area contributed by atoms with Gasteiger partial charge in [0.05, 0.1) is 23.5 Å². The highest BCUT2D eigenvalue weighted by Crippen LogP contribution is 2.25. The lowest BCUT2D eigenvalue weighted by Crippen LogP contribution is -2.04. The molecule has 0 saturated carbocycles. The van der Waals surface area contributed by atoms with Crippen LogP contribution in [-0.4, -0.2) is 11.6 Å². The van der Waals surface area contributed by atoms with Crippen molar-refractivity contribution in [3.63, 3.8) is 0 Å². The molecule has 0 unspecified atom stereocenters. The van der Waals surface area contributed by atoms with Crippen LogP contribution < -0.4 is 10.5 Å². The zero-order chi connectivity index (χ0) is 12.3. The number of anilines is 1. The number of nitrogens with two attached hydrogens (primary N) is 1. The number of ether oxygens (including phenoxy) is 1. The fourth-order valence-corrected chi connectivity index (χ4v) is 2.45. The van der Waals surface area contributed by atoms with Gasteiger partial charge >= 0.3 is 0 Å². The summed E-state index contributed by atoms with van der Waals surface area (Å²) in [5.41, 5.74) is 10.6. The van der Waals surface area contributed by atoms with E-state index in [4.69, 9.17) is 10.5 Å². The second-order valence-corrected chi connectivity index (χ2v) is 4.89. The number of nitrogens with zero attached hydrogens (tertiary/aromatic N) is 1. The van der Waals surface area contributed by atoms with E-state index in [1.54, 1.807) is 11.3 Å². The Morgan fingerprint density at radius 1 is 1.35 bits per heavy atom. The SMILES string of the molecule is Cc1cccc(N)c1OCCc1scnc1C. The van der Waals surface area contributed by atoms with Crippen molar-refractivity contribution in [2.24, 2.45) is 0 Å². The molecule has 4 heteroatoms. The second-order valence-electron chi connectivity index (χ2n) is 3.95. The maximum atomic E-state index is 5.88. The van der Waals surface area contributed by atoms with Crippen LogP contribution in [0.2, 0.25) is 0 Å². The highest BCUT2D eigenvalue weighted by molar-refractivity contribution is 7.09. The number of hydrogen-bond acceptors (Lipinski definition) is 4. The molecule has 90 valence electrons. The van der Waals surface area contributed by atoms with E-state index in [2.05, 4.69) is 4.98 Å². The lowest BCUT2D eigenvalue weighted by molar-refractivity contribution is 0.322. The first-order valence-electron chi connectivity index (χ1n) is 5.55. The molecule has 0 spiro atoms. The molecule has 0 aliphatic carbocycles. The van der Waals surface area contributed by atoms with Crippen molar-refractivity contribution in [3.8, 4) is 5.75 Å². The maximum Gasteiger partial charge on any atom is 0.145 e. The molecule has 0 aliphatic heterocycles. The number of aromatic nitrogens is 1. The Balaban J connectivity index is 1.97. The van der Waals surface area contributed by atoms with Crippen LogP contribution >= 0.6 is 11.3 Å². The van der Waals surface area contributed by atoms with Crippen LogP contribution in [-0.2, 0) is 6.42 Å². The number of para-hydroxylation sites is 1. The quantitative estimate of drug-likeness (QED) is 0.846. The molecule has 0 amide bonds. The molecule has 2 aromatic rings. The molecule has 0 aliphatic rings. The first-order valence-corrected chi connectivity index (χ1v) is 6.43. The van der Waals surface area contributed by atoms with Gasteiger partial charge in [0.1, 0.15) is 5.75 Å². The van der Waals surface area contributed by atoms with Gasteiger partial charge in [0.25, 0.3) is 0 Å². The van der Waals surface area contributed by atoms with Crippen LogP contribution in [0.25, 0.3) is 0 Å². The monoisotopic (exact) mass is 248 g/mol. The number of hydrogen-bond donors (Lipinski definition) is 1. The van der Waals surface area contributed by atoms with Crippen LogP contribution in [0.1, 0.15) is 16.1 Å². The summed E-state index contributed by atoms with van der Waals surface area (Å²) in [5, 5.41) is 0. The van der Waals surface area contributed by atoms with Gasteiger partial charge in [-0.05, 0) is 25.5 Å². The predicted molar refractivity (Wildman–Crippen MR) is 71.6 cm³/mol. The fourth-order valence-electron chi connectivity index (χ4n) is 1.68. The van der Waals surface area contributed by atoms with Gasteiger partial charge < -0.3 is 10.5 Å². The fraction of sp³-hybridized carbons (Fsp3) is 0.308. The molecule has 17 heavy (non-hydrogen) atoms. The molecule has 2 rings (SSSR count). The van der Waals surface area contributed by atoms with Gasteiger partial charge in [0, 0.05) is 11.3 Å². The van der Waals surface area contributed by atoms with E-state index in [0.717, 1.165) is 23.4 Å². The summed E-state index contributed by atoms with van der Waals surface area (Å²) in [7, 11) is 0. The highest BCUT2D eigenvalue weighted by Gasteiger charge is 2.05. The second kappa shape index (κ2) is 5.19. The zero-order valence-corrected chi connectivity index (χ0v) is 10.9. The van der Waals surface area contributed by atoms with Crippen molar-refractivity contribution >= 4 is 17.0 Å². The molecule has 2 N–H and O–H groups in total. The standard InChI is InChI=1S/C13H16N2OS/c1-9-4-3-5-11(14)13(9)16-7-6-12-10(2)15-8-17-12/h3-5,8H,6-7,14H2,1-2H3. The van der Waals surface area contributed by atoms with Gasteiger partial charge in [-0.1, -0.05) is 12.1 Å². The minimum absolute atomic E-state index is 0.637. The number of aryl methyl sites for hydroxylation is 2. The molecule has 1 heterocycles. The normalized spacial score (nSPS) is 10.5. The molecule has 0 fully saturated rings. The Labute approximate surface area is 105 Å². The van der Waals surface area contributed by atoms with E-state index in [1.807, 2.05) is 37.6 Å². The average Bonchev–Trinajstić information content (AvgIpc) is 2.69. The zero-order valence-electron chi connectivity index (χ0n) is 10.1. The lowest BCUT2D eigenvalue weighted by Gasteiger charge is -2.11. The summed E-state index contributed by atoms with van der Waals surface area (Å²) in [6.45, 7) is 4.66. The van der Waals surface area contributed by atoms with E-state index in [0.29, 0.717) is 12.3 Å². The number of nitrogen functional groups attached to an aromatic ring is 1. The van der Waals surface area contributed by atoms with Gasteiger partial charge in [-0.2, -0.15) is 0 Å². The van der Waals surface area contributed by atoms with Gasteiger partial charge in [-0.3, -0.25) is 0 Å². The van der Waals surface area contributed by atoms with Crippen molar-refractivity contribution in [2.45, 2.75) is 20.3 Å². The van der Waals surface area contributed by atoms with Crippen LogP contribution in [0.3, 0.4) is 0 Å². The Morgan fingerprint density at radius 2 is 2.18 bits per heavy atom. The smallest absolute Gasteiger partial charge is 0.145 e. The highest BCUT2D eigenvalue weighted by atomic mass is 32.1. The summed E-state index contributed by atoms with van der Waals surface area (Å²) < 4.78 is 5.75. The minimum Gasteiger partial charge on any atom is -0.491 e. The Bertz CT molecular complexity index is 488. The topological polar surface area (TPSA) is 48.1 Å². The van der Waals surface area contributed by atoms with Crippen molar-refractivity contribution in [3.05, 3.63) is 39.8 Å².